The Morgan fingerprint density at radius 2 is 1.81 bits per heavy atom. The lowest BCUT2D eigenvalue weighted by Gasteiger charge is -2.32. The fourth-order valence-electron chi connectivity index (χ4n) is 6.92. The van der Waals surface area contributed by atoms with Gasteiger partial charge in [-0.3, -0.25) is 19.2 Å². The molecule has 3 aliphatic rings. The van der Waals surface area contributed by atoms with E-state index in [9.17, 15) is 19.2 Å². The summed E-state index contributed by atoms with van der Waals surface area (Å²) in [5, 5.41) is 3.12. The molecule has 1 saturated heterocycles. The van der Waals surface area contributed by atoms with Crippen LogP contribution in [0.4, 0.5) is 17.2 Å². The Kier molecular flexibility index (Phi) is 8.57. The topological polar surface area (TPSA) is 128 Å². The van der Waals surface area contributed by atoms with Crippen molar-refractivity contribution in [3.05, 3.63) is 93.3 Å². The Bertz CT molecular complexity index is 1960. The molecule has 5 heterocycles. The predicted octanol–water partition coefficient (Wildman–Crippen LogP) is 4.07. The molecule has 3 aromatic heterocycles. The van der Waals surface area contributed by atoms with E-state index in [1.807, 2.05) is 24.3 Å². The molecule has 0 atom stereocenters. The van der Waals surface area contributed by atoms with Gasteiger partial charge in [-0.25, -0.2) is 4.98 Å². The zero-order valence-electron chi connectivity index (χ0n) is 27.2. The summed E-state index contributed by atoms with van der Waals surface area (Å²) in [5.41, 5.74) is 6.42. The molecule has 1 fully saturated rings. The van der Waals surface area contributed by atoms with Crippen molar-refractivity contribution in [1.29, 1.82) is 0 Å². The summed E-state index contributed by atoms with van der Waals surface area (Å²) in [6.07, 6.45) is 7.47. The highest BCUT2D eigenvalue weighted by atomic mass is 16.5. The van der Waals surface area contributed by atoms with Crippen molar-refractivity contribution >= 4 is 35.0 Å². The molecule has 1 aliphatic carbocycles. The first-order valence-electron chi connectivity index (χ1n) is 16.4. The molecule has 0 radical (unpaired) electrons. The van der Waals surface area contributed by atoms with Gasteiger partial charge in [0.15, 0.2) is 0 Å². The van der Waals surface area contributed by atoms with E-state index in [4.69, 9.17) is 9.47 Å². The van der Waals surface area contributed by atoms with Gasteiger partial charge < -0.3 is 33.7 Å². The number of fused-ring (bicyclic) bond motifs is 3. The third kappa shape index (κ3) is 5.99. The molecule has 4 aromatic rings. The first-order valence-corrected chi connectivity index (χ1v) is 16.4. The number of rotatable bonds is 7. The van der Waals surface area contributed by atoms with Crippen molar-refractivity contribution in [2.45, 2.75) is 45.8 Å². The van der Waals surface area contributed by atoms with Crippen LogP contribution in [0.1, 0.15) is 57.4 Å². The summed E-state index contributed by atoms with van der Waals surface area (Å²) < 4.78 is 14.5. The van der Waals surface area contributed by atoms with E-state index in [2.05, 4.69) is 14.9 Å². The number of hydrogen-bond acceptors (Lipinski definition) is 8. The number of carbonyl (C=O) groups is 3. The lowest BCUT2D eigenvalue weighted by molar-refractivity contribution is -0.142. The summed E-state index contributed by atoms with van der Waals surface area (Å²) in [7, 11) is 1.66. The monoisotopic (exact) mass is 650 g/mol. The largest absolute Gasteiger partial charge is 0.461 e. The maximum Gasteiger partial charge on any atom is 0.302 e. The highest BCUT2D eigenvalue weighted by Gasteiger charge is 2.32. The number of ether oxygens (including phenoxy) is 2. The van der Waals surface area contributed by atoms with E-state index in [1.165, 1.54) is 28.9 Å². The van der Waals surface area contributed by atoms with Gasteiger partial charge in [-0.2, -0.15) is 0 Å². The van der Waals surface area contributed by atoms with Gasteiger partial charge in [0.2, 0.25) is 0 Å². The molecule has 48 heavy (non-hydrogen) atoms. The molecule has 2 amide bonds. The van der Waals surface area contributed by atoms with Gasteiger partial charge in [-0.05, 0) is 67.1 Å². The van der Waals surface area contributed by atoms with Gasteiger partial charge >= 0.3 is 5.97 Å². The average molecular weight is 651 g/mol. The zero-order valence-corrected chi connectivity index (χ0v) is 27.2. The second kappa shape index (κ2) is 13.1. The number of nitrogens with one attached hydrogen (secondary N) is 1. The smallest absolute Gasteiger partial charge is 0.302 e. The molecule has 0 saturated carbocycles. The van der Waals surface area contributed by atoms with E-state index in [0.717, 1.165) is 31.2 Å². The first kappa shape index (κ1) is 31.4. The van der Waals surface area contributed by atoms with Gasteiger partial charge in [0.05, 0.1) is 24.5 Å². The van der Waals surface area contributed by atoms with E-state index in [-0.39, 0.29) is 29.7 Å². The van der Waals surface area contributed by atoms with Crippen LogP contribution >= 0.6 is 0 Å². The number of benzene rings is 1. The third-order valence-corrected chi connectivity index (χ3v) is 9.35. The number of esters is 1. The molecule has 1 aromatic carbocycles. The predicted molar refractivity (Wildman–Crippen MR) is 180 cm³/mol. The van der Waals surface area contributed by atoms with Crippen molar-refractivity contribution in [1.82, 2.24) is 19.0 Å². The van der Waals surface area contributed by atoms with E-state index >= 15 is 0 Å². The fraction of sp³-hybridized carbons (Fsp3) is 0.361. The van der Waals surface area contributed by atoms with Crippen molar-refractivity contribution in [3.8, 4) is 11.1 Å². The lowest BCUT2D eigenvalue weighted by Crippen LogP contribution is -2.41. The van der Waals surface area contributed by atoms with Crippen molar-refractivity contribution in [2.75, 3.05) is 43.1 Å². The van der Waals surface area contributed by atoms with E-state index in [0.29, 0.717) is 73.3 Å². The Balaban J connectivity index is 1.21. The average Bonchev–Trinajstić information content (AvgIpc) is 3.49. The lowest BCUT2D eigenvalue weighted by atomic mass is 9.98. The Morgan fingerprint density at radius 1 is 1.00 bits per heavy atom. The van der Waals surface area contributed by atoms with Crippen LogP contribution in [0.5, 0.6) is 0 Å². The van der Waals surface area contributed by atoms with E-state index < -0.39 is 5.97 Å². The maximum absolute atomic E-state index is 14.0. The minimum Gasteiger partial charge on any atom is -0.461 e. The van der Waals surface area contributed by atoms with Crippen molar-refractivity contribution in [3.63, 3.8) is 0 Å². The highest BCUT2D eigenvalue weighted by molar-refractivity contribution is 6.07. The summed E-state index contributed by atoms with van der Waals surface area (Å²) >= 11 is 0. The summed E-state index contributed by atoms with van der Waals surface area (Å²) in [4.78, 5) is 60.1. The van der Waals surface area contributed by atoms with Crippen LogP contribution in [0.15, 0.2) is 59.7 Å². The summed E-state index contributed by atoms with van der Waals surface area (Å²) in [6, 6.07) is 12.8. The van der Waals surface area contributed by atoms with Gasteiger partial charge in [-0.1, -0.05) is 12.1 Å². The SMILES string of the molecule is CC(=O)OCc1c(-c2cc(Nc3ccc(C(=O)N4CCOCC4)cn3)c(=O)n(C)c2)cccc1N1CCn2c(cc3c2CCCC3)C1=O. The van der Waals surface area contributed by atoms with Gasteiger partial charge in [-0.15, -0.1) is 0 Å². The number of aromatic nitrogens is 3. The second-order valence-corrected chi connectivity index (χ2v) is 12.4. The first-order chi connectivity index (χ1) is 23.3. The Morgan fingerprint density at radius 3 is 2.58 bits per heavy atom. The molecule has 0 bridgehead atoms. The fourth-order valence-corrected chi connectivity index (χ4v) is 6.92. The van der Waals surface area contributed by atoms with E-state index in [1.54, 1.807) is 41.2 Å². The number of amides is 2. The highest BCUT2D eigenvalue weighted by Crippen LogP contribution is 2.36. The number of morpholine rings is 1. The quantitative estimate of drug-likeness (QED) is 0.297. The van der Waals surface area contributed by atoms with Crippen molar-refractivity contribution in [2.24, 2.45) is 7.05 Å². The molecule has 2 aliphatic heterocycles. The minimum atomic E-state index is -0.438. The summed E-state index contributed by atoms with van der Waals surface area (Å²) in [5.74, 6) is -0.232. The molecule has 0 unspecified atom stereocenters. The van der Waals surface area contributed by atoms with Crippen molar-refractivity contribution < 1.29 is 23.9 Å². The molecule has 0 spiro atoms. The van der Waals surface area contributed by atoms with Crippen LogP contribution in [0.3, 0.4) is 0 Å². The molecular formula is C36H38N6O6. The van der Waals surface area contributed by atoms with Crippen LogP contribution in [0.25, 0.3) is 11.1 Å². The number of carbonyl (C=O) groups excluding carboxylic acids is 3. The Labute approximate surface area is 277 Å². The molecule has 248 valence electrons. The zero-order chi connectivity index (χ0) is 33.4. The number of aryl methyl sites for hydroxylation is 2. The molecular weight excluding hydrogens is 612 g/mol. The van der Waals surface area contributed by atoms with Crippen LogP contribution in [-0.4, -0.2) is 69.6 Å². The van der Waals surface area contributed by atoms with Gasteiger partial charge in [0.1, 0.15) is 23.8 Å². The second-order valence-electron chi connectivity index (χ2n) is 12.4. The molecule has 12 heteroatoms. The standard InChI is InChI=1S/C36H38N6O6/c1-23(43)48-22-28-27(7-5-9-31(28)42-13-12-41-30-8-4-3-6-24(30)19-32(41)36(42)46)26-18-29(35(45)39(2)21-26)38-33-11-10-25(20-37-33)34(44)40-14-16-47-17-15-40/h5,7,9-11,18-21H,3-4,6,8,12-17,22H2,1-2H3,(H,37,38). The minimum absolute atomic E-state index is 0.0477. The van der Waals surface area contributed by atoms with Crippen LogP contribution in [-0.2, 0) is 47.3 Å². The molecule has 12 nitrogen and oxygen atoms in total. The van der Waals surface area contributed by atoms with Crippen LogP contribution in [0.2, 0.25) is 0 Å². The Hall–Kier alpha value is -5.23. The molecule has 1 N–H and O–H groups in total. The number of nitrogens with zero attached hydrogens (tertiary/aromatic N) is 5. The van der Waals surface area contributed by atoms with Crippen LogP contribution < -0.4 is 15.8 Å². The molecule has 7 rings (SSSR count). The normalized spacial score (nSPS) is 15.9. The van der Waals surface area contributed by atoms with Gasteiger partial charge in [0.25, 0.3) is 17.4 Å². The number of hydrogen-bond donors (Lipinski definition) is 1. The maximum atomic E-state index is 14.0. The summed E-state index contributed by atoms with van der Waals surface area (Å²) in [6.45, 7) is 4.56. The number of pyridine rings is 2. The third-order valence-electron chi connectivity index (χ3n) is 9.35. The number of anilines is 3. The van der Waals surface area contributed by atoms with Gasteiger partial charge in [0, 0.05) is 69.4 Å². The van der Waals surface area contributed by atoms with Crippen LogP contribution in [0, 0.1) is 0 Å².